The van der Waals surface area contributed by atoms with Gasteiger partial charge >= 0.3 is 0 Å². The largest absolute Gasteiger partial charge is 0.305 e. The minimum Gasteiger partial charge on any atom is -0.305 e. The highest BCUT2D eigenvalue weighted by atomic mass is 35.5. The lowest BCUT2D eigenvalue weighted by Gasteiger charge is -2.18. The fourth-order valence-electron chi connectivity index (χ4n) is 2.86. The van der Waals surface area contributed by atoms with Crippen LogP contribution in [0.5, 0.6) is 0 Å². The third-order valence-electron chi connectivity index (χ3n) is 3.87. The molecule has 23 heavy (non-hydrogen) atoms. The molecule has 0 atom stereocenters. The fraction of sp³-hybridized carbons (Fsp3) is 0.294. The van der Waals surface area contributed by atoms with E-state index in [1.807, 2.05) is 13.8 Å². The number of nitrogens with zero attached hydrogens (tertiary/aromatic N) is 2. The maximum Gasteiger partial charge on any atom is 0.259 e. The van der Waals surface area contributed by atoms with Gasteiger partial charge in [-0.15, -0.1) is 0 Å². The van der Waals surface area contributed by atoms with Crippen molar-refractivity contribution in [2.24, 2.45) is 0 Å². The normalized spacial score (nSPS) is 15.5. The number of rotatable bonds is 2. The summed E-state index contributed by atoms with van der Waals surface area (Å²) in [6.07, 6.45) is 3.20. The molecule has 2 aromatic heterocycles. The molecule has 120 valence electrons. The number of hydrogen-bond donors (Lipinski definition) is 0. The summed E-state index contributed by atoms with van der Waals surface area (Å²) in [6.45, 7) is 3.66. The van der Waals surface area contributed by atoms with E-state index in [0.717, 1.165) is 0 Å². The summed E-state index contributed by atoms with van der Waals surface area (Å²) in [5.41, 5.74) is -0.0749. The van der Waals surface area contributed by atoms with Gasteiger partial charge in [0.25, 0.3) is 5.56 Å². The number of allylic oxidation sites excluding steroid dienone is 4. The van der Waals surface area contributed by atoms with Gasteiger partial charge in [-0.2, -0.15) is 0 Å². The Hall–Kier alpha value is -2.01. The Morgan fingerprint density at radius 3 is 2.70 bits per heavy atom. The number of fused-ring (bicyclic) bond motifs is 1. The summed E-state index contributed by atoms with van der Waals surface area (Å²) in [6, 6.07) is 2.87. The molecule has 2 heterocycles. The first-order chi connectivity index (χ1) is 10.9. The summed E-state index contributed by atoms with van der Waals surface area (Å²) in [7, 11) is 0. The van der Waals surface area contributed by atoms with Gasteiger partial charge in [-0.3, -0.25) is 4.79 Å². The van der Waals surface area contributed by atoms with E-state index >= 15 is 0 Å². The molecule has 0 N–H and O–H groups in total. The SMILES string of the molecule is CC(C)n1c(=O)c(C2=C(F)CCC=C2F)cc2cnc(Cl)cc21. The van der Waals surface area contributed by atoms with Crippen molar-refractivity contribution in [2.75, 3.05) is 0 Å². The molecule has 0 saturated carbocycles. The van der Waals surface area contributed by atoms with Crippen LogP contribution >= 0.6 is 11.6 Å². The molecule has 0 bridgehead atoms. The van der Waals surface area contributed by atoms with Crippen LogP contribution in [0.4, 0.5) is 8.78 Å². The second kappa shape index (κ2) is 5.89. The molecule has 1 aliphatic carbocycles. The number of hydrogen-bond acceptors (Lipinski definition) is 2. The number of pyridine rings is 2. The van der Waals surface area contributed by atoms with Crippen molar-refractivity contribution in [3.8, 4) is 0 Å². The van der Waals surface area contributed by atoms with Gasteiger partial charge in [0, 0.05) is 24.0 Å². The van der Waals surface area contributed by atoms with E-state index in [4.69, 9.17) is 11.6 Å². The lowest BCUT2D eigenvalue weighted by Crippen LogP contribution is -2.26. The highest BCUT2D eigenvalue weighted by molar-refractivity contribution is 6.30. The Morgan fingerprint density at radius 2 is 2.04 bits per heavy atom. The molecule has 0 fully saturated rings. The van der Waals surface area contributed by atoms with Crippen LogP contribution < -0.4 is 5.56 Å². The highest BCUT2D eigenvalue weighted by Crippen LogP contribution is 2.34. The molecule has 3 rings (SSSR count). The molecule has 0 amide bonds. The van der Waals surface area contributed by atoms with E-state index in [0.29, 0.717) is 17.3 Å². The Morgan fingerprint density at radius 1 is 1.30 bits per heavy atom. The first-order valence-electron chi connectivity index (χ1n) is 7.36. The Labute approximate surface area is 136 Å². The van der Waals surface area contributed by atoms with Crippen LogP contribution in [0, 0.1) is 0 Å². The van der Waals surface area contributed by atoms with Gasteiger partial charge in [0.15, 0.2) is 0 Å². The van der Waals surface area contributed by atoms with Gasteiger partial charge in [-0.05, 0) is 38.5 Å². The van der Waals surface area contributed by atoms with Crippen molar-refractivity contribution in [3.05, 3.63) is 57.1 Å². The van der Waals surface area contributed by atoms with Crippen molar-refractivity contribution in [2.45, 2.75) is 32.7 Å². The van der Waals surface area contributed by atoms with Gasteiger partial charge in [0.1, 0.15) is 16.8 Å². The van der Waals surface area contributed by atoms with Crippen molar-refractivity contribution in [1.29, 1.82) is 0 Å². The van der Waals surface area contributed by atoms with E-state index in [2.05, 4.69) is 4.98 Å². The number of aromatic nitrogens is 2. The Balaban J connectivity index is 2.40. The van der Waals surface area contributed by atoms with Crippen molar-refractivity contribution in [1.82, 2.24) is 9.55 Å². The molecule has 0 aromatic carbocycles. The second-order valence-corrected chi connectivity index (χ2v) is 6.15. The summed E-state index contributed by atoms with van der Waals surface area (Å²) >= 11 is 5.92. The standard InChI is InChI=1S/C17H15ClF2N2O/c1-9(2)22-14-7-15(18)21-8-10(14)6-11(17(22)23)16-12(19)4-3-5-13(16)20/h4,6-9H,3,5H2,1-2H3. The van der Waals surface area contributed by atoms with Crippen LogP contribution in [-0.4, -0.2) is 9.55 Å². The zero-order chi connectivity index (χ0) is 16.7. The van der Waals surface area contributed by atoms with Gasteiger partial charge in [-0.25, -0.2) is 13.8 Å². The molecule has 6 heteroatoms. The summed E-state index contributed by atoms with van der Waals surface area (Å²) in [5.74, 6) is -1.29. The highest BCUT2D eigenvalue weighted by Gasteiger charge is 2.23. The molecular formula is C17H15ClF2N2O. The van der Waals surface area contributed by atoms with Crippen molar-refractivity contribution >= 4 is 28.1 Å². The predicted molar refractivity (Wildman–Crippen MR) is 87.9 cm³/mol. The third-order valence-corrected chi connectivity index (χ3v) is 4.08. The molecule has 3 nitrogen and oxygen atoms in total. The van der Waals surface area contributed by atoms with E-state index < -0.39 is 17.2 Å². The molecule has 0 spiro atoms. The molecule has 2 aromatic rings. The van der Waals surface area contributed by atoms with E-state index in [1.165, 1.54) is 22.9 Å². The van der Waals surface area contributed by atoms with E-state index in [9.17, 15) is 13.6 Å². The Bertz CT molecular complexity index is 913. The average Bonchev–Trinajstić information content (AvgIpc) is 2.47. The molecule has 0 radical (unpaired) electrons. The topological polar surface area (TPSA) is 34.9 Å². The Kier molecular flexibility index (Phi) is 4.06. The maximum atomic E-state index is 14.2. The predicted octanol–water partition coefficient (Wildman–Crippen LogP) is 4.96. The summed E-state index contributed by atoms with van der Waals surface area (Å²) in [5, 5.41) is 0.865. The molecule has 1 aliphatic rings. The lowest BCUT2D eigenvalue weighted by molar-refractivity contribution is 0.564. The molecule has 0 unspecified atom stereocenters. The van der Waals surface area contributed by atoms with Crippen molar-refractivity contribution in [3.63, 3.8) is 0 Å². The van der Waals surface area contributed by atoms with Crippen LogP contribution in [0.15, 0.2) is 40.9 Å². The lowest BCUT2D eigenvalue weighted by atomic mass is 9.97. The van der Waals surface area contributed by atoms with Gasteiger partial charge < -0.3 is 4.57 Å². The quantitative estimate of drug-likeness (QED) is 0.726. The number of halogens is 3. The van der Waals surface area contributed by atoms with Crippen LogP contribution in [0.2, 0.25) is 5.15 Å². The first-order valence-corrected chi connectivity index (χ1v) is 7.73. The minimum atomic E-state index is -0.692. The zero-order valence-electron chi connectivity index (χ0n) is 12.7. The zero-order valence-corrected chi connectivity index (χ0v) is 13.5. The summed E-state index contributed by atoms with van der Waals surface area (Å²) < 4.78 is 29.8. The van der Waals surface area contributed by atoms with Crippen molar-refractivity contribution < 1.29 is 8.78 Å². The van der Waals surface area contributed by atoms with Gasteiger partial charge in [-0.1, -0.05) is 11.6 Å². The van der Waals surface area contributed by atoms with Gasteiger partial charge in [0.05, 0.1) is 16.7 Å². The molecule has 0 saturated heterocycles. The maximum absolute atomic E-state index is 14.2. The van der Waals surface area contributed by atoms with Gasteiger partial charge in [0.2, 0.25) is 0 Å². The third kappa shape index (κ3) is 2.70. The molecular weight excluding hydrogens is 322 g/mol. The monoisotopic (exact) mass is 336 g/mol. The molecule has 0 aliphatic heterocycles. The van der Waals surface area contributed by atoms with Crippen LogP contribution in [0.3, 0.4) is 0 Å². The summed E-state index contributed by atoms with van der Waals surface area (Å²) in [4.78, 5) is 16.8. The van der Waals surface area contributed by atoms with Crippen LogP contribution in [-0.2, 0) is 0 Å². The second-order valence-electron chi connectivity index (χ2n) is 5.76. The van der Waals surface area contributed by atoms with E-state index in [-0.39, 0.29) is 28.8 Å². The minimum absolute atomic E-state index is 0.0151. The van der Waals surface area contributed by atoms with E-state index in [1.54, 1.807) is 6.07 Å². The fourth-order valence-corrected chi connectivity index (χ4v) is 3.01. The van der Waals surface area contributed by atoms with Crippen LogP contribution in [0.25, 0.3) is 16.5 Å². The average molecular weight is 337 g/mol. The first kappa shape index (κ1) is 15.9. The van der Waals surface area contributed by atoms with Crippen LogP contribution in [0.1, 0.15) is 38.3 Å². The smallest absolute Gasteiger partial charge is 0.259 e.